The van der Waals surface area contributed by atoms with Gasteiger partial charge in [-0.25, -0.2) is 13.2 Å². The molecule has 0 radical (unpaired) electrons. The Kier molecular flexibility index (Phi) is 18.2. The Balaban J connectivity index is 1.16. The Morgan fingerprint density at radius 2 is 0.828 bits per heavy atom. The van der Waals surface area contributed by atoms with Crippen molar-refractivity contribution in [2.24, 2.45) is 5.92 Å². The van der Waals surface area contributed by atoms with Gasteiger partial charge >= 0.3 is 18.3 Å². The molecule has 0 saturated carbocycles. The van der Waals surface area contributed by atoms with Gasteiger partial charge in [0.1, 0.15) is 11.1 Å². The van der Waals surface area contributed by atoms with Crippen LogP contribution in [0.2, 0.25) is 0 Å². The molecule has 4 aromatic carbocycles. The lowest BCUT2D eigenvalue weighted by molar-refractivity contribution is -0.190. The summed E-state index contributed by atoms with van der Waals surface area (Å²) < 4.78 is 237. The largest absolute Gasteiger partial charge is 0.505 e. The molecule has 0 amide bonds. The number of aromatic hydroxyl groups is 1. The van der Waals surface area contributed by atoms with Crippen LogP contribution in [0.15, 0.2) is 60.4 Å². The standard InChI is InChI=1S/C43H39F15O6/c1-2-60-27-19-20-31(40(52)38(27)50)64-43(57,58)25-14-17-29(37(49)34(25)46)62-22-10-6-4-8-12-23(32(44)41(53)54)11-7-3-5-9-21-61-28-16-13-24(33(45)36(28)48)42(55,56)63-30-18-15-26(59)35(47)39(30)51/h13-20,23,59H,2-12,21-22H2,1H3. The first kappa shape index (κ1) is 51.0. The fraction of sp³-hybridized carbons (Fsp3) is 0.395. The minimum Gasteiger partial charge on any atom is -0.505 e. The summed E-state index contributed by atoms with van der Waals surface area (Å²) in [6.45, 7) is 0.927. The third-order valence-electron chi connectivity index (χ3n) is 9.48. The molecule has 4 rings (SSSR count). The van der Waals surface area contributed by atoms with Gasteiger partial charge in [-0.05, 0) is 81.1 Å². The van der Waals surface area contributed by atoms with Crippen LogP contribution in [0.3, 0.4) is 0 Å². The predicted molar refractivity (Wildman–Crippen MR) is 198 cm³/mol. The van der Waals surface area contributed by atoms with Crippen molar-refractivity contribution in [3.8, 4) is 34.5 Å². The van der Waals surface area contributed by atoms with E-state index in [1.54, 1.807) is 0 Å². The lowest BCUT2D eigenvalue weighted by Gasteiger charge is -2.20. The van der Waals surface area contributed by atoms with Gasteiger partial charge in [-0.3, -0.25) is 0 Å². The fourth-order valence-electron chi connectivity index (χ4n) is 6.19. The third-order valence-corrected chi connectivity index (χ3v) is 9.48. The minimum atomic E-state index is -4.69. The lowest BCUT2D eigenvalue weighted by Crippen LogP contribution is -2.25. The van der Waals surface area contributed by atoms with Crippen molar-refractivity contribution < 1.29 is 94.6 Å². The van der Waals surface area contributed by atoms with Crippen LogP contribution in [0.1, 0.15) is 82.3 Å². The third kappa shape index (κ3) is 13.0. The monoisotopic (exact) mass is 936 g/mol. The first-order valence-electron chi connectivity index (χ1n) is 19.6. The second kappa shape index (κ2) is 22.8. The molecule has 0 spiro atoms. The number of alkyl halides is 4. The van der Waals surface area contributed by atoms with Gasteiger partial charge in [-0.1, -0.05) is 38.5 Å². The van der Waals surface area contributed by atoms with Gasteiger partial charge in [0.05, 0.1) is 19.8 Å². The lowest BCUT2D eigenvalue weighted by atomic mass is 9.93. The Labute approximate surface area is 356 Å². The Bertz CT molecular complexity index is 2230. The maximum atomic E-state index is 14.7. The quantitative estimate of drug-likeness (QED) is 0.0528. The number of benzene rings is 4. The van der Waals surface area contributed by atoms with E-state index in [2.05, 4.69) is 9.47 Å². The maximum absolute atomic E-state index is 14.7. The number of allylic oxidation sites excluding steroid dienone is 1. The first-order chi connectivity index (χ1) is 30.2. The van der Waals surface area contributed by atoms with Crippen LogP contribution >= 0.6 is 0 Å². The van der Waals surface area contributed by atoms with Crippen molar-refractivity contribution >= 4 is 0 Å². The fourth-order valence-corrected chi connectivity index (χ4v) is 6.19. The molecule has 0 aliphatic carbocycles. The van der Waals surface area contributed by atoms with E-state index < -0.39 is 122 Å². The molecular weight excluding hydrogens is 897 g/mol. The number of hydrogen-bond acceptors (Lipinski definition) is 6. The second-order valence-corrected chi connectivity index (χ2v) is 14.0. The molecular formula is C43H39F15O6. The number of rotatable bonds is 25. The molecule has 0 saturated heterocycles. The number of ether oxygens (including phenoxy) is 5. The molecule has 1 atom stereocenters. The minimum absolute atomic E-state index is 0.0162. The summed E-state index contributed by atoms with van der Waals surface area (Å²) in [5.41, 5.74) is -3.30. The van der Waals surface area contributed by atoms with E-state index in [0.29, 0.717) is 68.1 Å². The Hall–Kier alpha value is -5.63. The van der Waals surface area contributed by atoms with E-state index in [4.69, 9.17) is 19.3 Å². The molecule has 0 fully saturated rings. The molecule has 4 aromatic rings. The zero-order chi connectivity index (χ0) is 47.4. The smallest absolute Gasteiger partial charge is 0.429 e. The molecule has 0 aliphatic heterocycles. The number of halogens is 15. The van der Waals surface area contributed by atoms with Gasteiger partial charge in [0.25, 0.3) is 0 Å². The molecule has 6 nitrogen and oxygen atoms in total. The van der Waals surface area contributed by atoms with E-state index in [-0.39, 0.29) is 58.3 Å². The van der Waals surface area contributed by atoms with E-state index in [1.807, 2.05) is 0 Å². The first-order valence-corrected chi connectivity index (χ1v) is 19.6. The highest BCUT2D eigenvalue weighted by atomic mass is 19.3. The highest BCUT2D eigenvalue weighted by molar-refractivity contribution is 5.38. The van der Waals surface area contributed by atoms with Crippen LogP contribution in [0.25, 0.3) is 0 Å². The maximum Gasteiger partial charge on any atom is 0.429 e. The normalized spacial score (nSPS) is 12.2. The molecule has 352 valence electrons. The van der Waals surface area contributed by atoms with E-state index >= 15 is 0 Å². The highest BCUT2D eigenvalue weighted by Gasteiger charge is 2.42. The van der Waals surface area contributed by atoms with Gasteiger partial charge in [0.15, 0.2) is 52.0 Å². The predicted octanol–water partition coefficient (Wildman–Crippen LogP) is 14.2. The zero-order valence-electron chi connectivity index (χ0n) is 33.5. The molecule has 0 heterocycles. The Morgan fingerprint density at radius 1 is 0.469 bits per heavy atom. The Morgan fingerprint density at radius 3 is 1.28 bits per heavy atom. The van der Waals surface area contributed by atoms with Crippen molar-refractivity contribution in [2.75, 3.05) is 19.8 Å². The van der Waals surface area contributed by atoms with Crippen molar-refractivity contribution in [3.05, 3.63) is 118 Å². The van der Waals surface area contributed by atoms with E-state index in [0.717, 1.165) is 6.07 Å². The summed E-state index contributed by atoms with van der Waals surface area (Å²) in [7, 11) is 0. The van der Waals surface area contributed by atoms with Crippen molar-refractivity contribution in [2.45, 2.75) is 83.3 Å². The van der Waals surface area contributed by atoms with E-state index in [9.17, 15) is 65.9 Å². The van der Waals surface area contributed by atoms with Crippen molar-refractivity contribution in [1.29, 1.82) is 0 Å². The van der Waals surface area contributed by atoms with E-state index in [1.165, 1.54) is 6.92 Å². The van der Waals surface area contributed by atoms with Crippen LogP contribution in [-0.2, 0) is 12.2 Å². The van der Waals surface area contributed by atoms with Crippen molar-refractivity contribution in [3.63, 3.8) is 0 Å². The van der Waals surface area contributed by atoms with Gasteiger partial charge in [-0.15, -0.1) is 0 Å². The number of unbranched alkanes of at least 4 members (excludes halogenated alkanes) is 6. The van der Waals surface area contributed by atoms with Crippen LogP contribution in [0, 0.1) is 52.5 Å². The summed E-state index contributed by atoms with van der Waals surface area (Å²) in [5.74, 6) is -23.9. The molecule has 1 N–H and O–H groups in total. The number of phenols is 1. The summed E-state index contributed by atoms with van der Waals surface area (Å²) >= 11 is 0. The molecule has 1 unspecified atom stereocenters. The summed E-state index contributed by atoms with van der Waals surface area (Å²) in [6.07, 6.45) is -9.38. The van der Waals surface area contributed by atoms with Gasteiger partial charge in [0, 0.05) is 5.92 Å². The number of phenolic OH excluding ortho intramolecular Hbond substituents is 1. The highest BCUT2D eigenvalue weighted by Crippen LogP contribution is 2.40. The average molecular weight is 937 g/mol. The SMILES string of the molecule is CCOc1ccc(OC(F)(F)c2ccc(OCCCCCCC(CCCCCCOc3ccc(C(F)(F)Oc4ccc(O)c(F)c4F)c(F)c3F)C(F)=C(F)F)c(F)c2F)c(F)c1F. The van der Waals surface area contributed by atoms with Crippen LogP contribution in [0.4, 0.5) is 65.9 Å². The van der Waals surface area contributed by atoms with Crippen molar-refractivity contribution in [1.82, 2.24) is 0 Å². The average Bonchev–Trinajstić information content (AvgIpc) is 3.24. The zero-order valence-corrected chi connectivity index (χ0v) is 33.5. The molecule has 21 heteroatoms. The summed E-state index contributed by atoms with van der Waals surface area (Å²) in [6, 6.07) is 4.57. The summed E-state index contributed by atoms with van der Waals surface area (Å²) in [4.78, 5) is 0. The van der Waals surface area contributed by atoms with Crippen LogP contribution in [-0.4, -0.2) is 24.9 Å². The van der Waals surface area contributed by atoms with Crippen LogP contribution in [0.5, 0.6) is 34.5 Å². The topological polar surface area (TPSA) is 66.4 Å². The van der Waals surface area contributed by atoms with Gasteiger partial charge in [0.2, 0.25) is 34.9 Å². The van der Waals surface area contributed by atoms with Crippen LogP contribution < -0.4 is 23.7 Å². The van der Waals surface area contributed by atoms with Gasteiger partial charge in [-0.2, -0.15) is 52.7 Å². The molecule has 64 heavy (non-hydrogen) atoms. The number of hydrogen-bond donors (Lipinski definition) is 1. The molecule has 0 aliphatic rings. The molecule has 0 aromatic heterocycles. The van der Waals surface area contributed by atoms with Gasteiger partial charge < -0.3 is 28.8 Å². The summed E-state index contributed by atoms with van der Waals surface area (Å²) in [5, 5.41) is 9.12. The second-order valence-electron chi connectivity index (χ2n) is 14.0. The molecule has 0 bridgehead atoms.